The number of aromatic nitrogens is 1. The average Bonchev–Trinajstić information content (AvgIpc) is 2.38. The molecule has 0 saturated carbocycles. The number of hydrogen-bond acceptors (Lipinski definition) is 5. The number of aryl methyl sites for hydroxylation is 1. The minimum atomic E-state index is -0.986. The van der Waals surface area contributed by atoms with Crippen molar-refractivity contribution in [1.29, 1.82) is 5.26 Å². The van der Waals surface area contributed by atoms with Crippen molar-refractivity contribution >= 4 is 0 Å². The molecule has 6 nitrogen and oxygen atoms in total. The van der Waals surface area contributed by atoms with Gasteiger partial charge in [0.05, 0.1) is 0 Å². The van der Waals surface area contributed by atoms with E-state index in [4.69, 9.17) is 10.00 Å². The van der Waals surface area contributed by atoms with Crippen LogP contribution in [0.1, 0.15) is 37.3 Å². The highest BCUT2D eigenvalue weighted by Gasteiger charge is 2.13. The molecule has 0 saturated heterocycles. The molecule has 20 heavy (non-hydrogen) atoms. The number of aliphatic hydroxyl groups excluding tert-OH is 1. The fraction of sp³-hybridized carbons (Fsp3) is 0.571. The van der Waals surface area contributed by atoms with Gasteiger partial charge in [-0.25, -0.2) is 0 Å². The molecule has 1 unspecified atom stereocenters. The molecule has 2 N–H and O–H groups in total. The number of aromatic hydroxyl groups is 1. The minimum absolute atomic E-state index is 0.0750. The first-order valence-electron chi connectivity index (χ1n) is 6.64. The van der Waals surface area contributed by atoms with E-state index in [1.807, 2.05) is 13.0 Å². The van der Waals surface area contributed by atoms with Crippen molar-refractivity contribution in [3.05, 3.63) is 27.5 Å². The summed E-state index contributed by atoms with van der Waals surface area (Å²) in [7, 11) is 0. The molecule has 1 aromatic heterocycles. The molecular formula is C14H20N2O4. The quantitative estimate of drug-likeness (QED) is 0.579. The Labute approximate surface area is 117 Å². The predicted octanol–water partition coefficient (Wildman–Crippen LogP) is 1.26. The Morgan fingerprint density at radius 2 is 2.25 bits per heavy atom. The molecule has 0 aliphatic heterocycles. The van der Waals surface area contributed by atoms with E-state index in [1.54, 1.807) is 6.92 Å². The number of nitrogens with zero attached hydrogens (tertiary/aromatic N) is 2. The zero-order valence-corrected chi connectivity index (χ0v) is 11.8. The zero-order chi connectivity index (χ0) is 15.1. The van der Waals surface area contributed by atoms with Gasteiger partial charge >= 0.3 is 0 Å². The van der Waals surface area contributed by atoms with E-state index in [1.165, 1.54) is 6.07 Å². The molecule has 1 atom stereocenters. The maximum absolute atomic E-state index is 11.8. The SMILES string of the molecule is CCCCOC(O)CCn1c(O)c(C#N)c(C)cc1=O. The van der Waals surface area contributed by atoms with Gasteiger partial charge in [0.15, 0.2) is 6.29 Å². The largest absolute Gasteiger partial charge is 0.493 e. The van der Waals surface area contributed by atoms with E-state index >= 15 is 0 Å². The maximum Gasteiger partial charge on any atom is 0.253 e. The molecule has 6 heteroatoms. The van der Waals surface area contributed by atoms with Crippen molar-refractivity contribution in [2.24, 2.45) is 0 Å². The summed E-state index contributed by atoms with van der Waals surface area (Å²) in [5.41, 5.74) is 0.108. The lowest BCUT2D eigenvalue weighted by Gasteiger charge is -2.14. The topological polar surface area (TPSA) is 95.5 Å². The molecule has 1 aromatic rings. The normalized spacial score (nSPS) is 12.1. The van der Waals surface area contributed by atoms with Crippen molar-refractivity contribution in [3.63, 3.8) is 0 Å². The number of unbranched alkanes of at least 4 members (excludes halogenated alkanes) is 1. The summed E-state index contributed by atoms with van der Waals surface area (Å²) in [6.07, 6.45) is 1.01. The Morgan fingerprint density at radius 3 is 2.85 bits per heavy atom. The number of ether oxygens (including phenoxy) is 1. The lowest BCUT2D eigenvalue weighted by Crippen LogP contribution is -2.24. The van der Waals surface area contributed by atoms with Gasteiger partial charge in [0.25, 0.3) is 5.56 Å². The Kier molecular flexibility index (Phi) is 6.22. The Bertz CT molecular complexity index is 545. The summed E-state index contributed by atoms with van der Waals surface area (Å²) >= 11 is 0. The monoisotopic (exact) mass is 280 g/mol. The Morgan fingerprint density at radius 1 is 1.55 bits per heavy atom. The van der Waals surface area contributed by atoms with Crippen LogP contribution in [0.25, 0.3) is 0 Å². The van der Waals surface area contributed by atoms with Crippen LogP contribution in [0.5, 0.6) is 5.88 Å². The van der Waals surface area contributed by atoms with Gasteiger partial charge in [0.2, 0.25) is 5.88 Å². The summed E-state index contributed by atoms with van der Waals surface area (Å²) < 4.78 is 6.23. The van der Waals surface area contributed by atoms with Crippen LogP contribution in [0.15, 0.2) is 10.9 Å². The van der Waals surface area contributed by atoms with E-state index < -0.39 is 11.8 Å². The number of aliphatic hydroxyl groups is 1. The molecule has 0 fully saturated rings. The molecule has 0 amide bonds. The molecule has 110 valence electrons. The van der Waals surface area contributed by atoms with Gasteiger partial charge in [0.1, 0.15) is 11.6 Å². The smallest absolute Gasteiger partial charge is 0.253 e. The number of pyridine rings is 1. The van der Waals surface area contributed by atoms with Gasteiger partial charge < -0.3 is 14.9 Å². The lowest BCUT2D eigenvalue weighted by atomic mass is 10.1. The van der Waals surface area contributed by atoms with Crippen molar-refractivity contribution in [3.8, 4) is 11.9 Å². The highest BCUT2D eigenvalue weighted by atomic mass is 16.6. The molecule has 0 aromatic carbocycles. The van der Waals surface area contributed by atoms with Gasteiger partial charge in [0, 0.05) is 25.6 Å². The third-order valence-corrected chi connectivity index (χ3v) is 3.00. The number of hydrogen-bond donors (Lipinski definition) is 2. The van der Waals surface area contributed by atoms with E-state index in [9.17, 15) is 15.0 Å². The standard InChI is InChI=1S/C14H20N2O4/c1-3-4-7-20-13(18)5-6-16-12(17)8-10(2)11(9-15)14(16)19/h8,13,18-19H,3-7H2,1-2H3. The van der Waals surface area contributed by atoms with Crippen molar-refractivity contribution in [1.82, 2.24) is 4.57 Å². The number of nitriles is 1. The van der Waals surface area contributed by atoms with E-state index in [0.29, 0.717) is 12.2 Å². The van der Waals surface area contributed by atoms with Gasteiger partial charge in [-0.15, -0.1) is 0 Å². The van der Waals surface area contributed by atoms with Crippen LogP contribution < -0.4 is 5.56 Å². The van der Waals surface area contributed by atoms with Gasteiger partial charge in [-0.3, -0.25) is 9.36 Å². The van der Waals surface area contributed by atoms with Crippen LogP contribution >= 0.6 is 0 Å². The van der Waals surface area contributed by atoms with Gasteiger partial charge in [-0.1, -0.05) is 13.3 Å². The van der Waals surface area contributed by atoms with Crippen LogP contribution in [-0.4, -0.2) is 27.7 Å². The first-order chi connectivity index (χ1) is 9.51. The molecule has 0 spiro atoms. The second-order valence-corrected chi connectivity index (χ2v) is 4.60. The van der Waals surface area contributed by atoms with Gasteiger partial charge in [-0.2, -0.15) is 5.26 Å². The summed E-state index contributed by atoms with van der Waals surface area (Å²) in [5.74, 6) is -0.363. The second-order valence-electron chi connectivity index (χ2n) is 4.60. The number of rotatable bonds is 7. The molecule has 1 rings (SSSR count). The van der Waals surface area contributed by atoms with Crippen LogP contribution in [0.4, 0.5) is 0 Å². The predicted molar refractivity (Wildman–Crippen MR) is 73.3 cm³/mol. The lowest BCUT2D eigenvalue weighted by molar-refractivity contribution is -0.105. The van der Waals surface area contributed by atoms with Crippen LogP contribution in [0, 0.1) is 18.3 Å². The maximum atomic E-state index is 11.8. The third-order valence-electron chi connectivity index (χ3n) is 3.00. The molecule has 0 bridgehead atoms. The summed E-state index contributed by atoms with van der Waals surface area (Å²) in [5, 5.41) is 28.4. The van der Waals surface area contributed by atoms with E-state index in [-0.39, 0.29) is 24.4 Å². The Balaban J connectivity index is 2.74. The van der Waals surface area contributed by atoms with Crippen molar-refractivity contribution in [2.75, 3.05) is 6.61 Å². The van der Waals surface area contributed by atoms with Crippen LogP contribution in [0.3, 0.4) is 0 Å². The summed E-state index contributed by atoms with van der Waals surface area (Å²) in [4.78, 5) is 11.8. The molecule has 1 heterocycles. The minimum Gasteiger partial charge on any atom is -0.493 e. The van der Waals surface area contributed by atoms with Crippen molar-refractivity contribution < 1.29 is 14.9 Å². The van der Waals surface area contributed by atoms with Crippen LogP contribution in [-0.2, 0) is 11.3 Å². The van der Waals surface area contributed by atoms with E-state index in [0.717, 1.165) is 17.4 Å². The van der Waals surface area contributed by atoms with Crippen LogP contribution in [0.2, 0.25) is 0 Å². The first-order valence-corrected chi connectivity index (χ1v) is 6.64. The van der Waals surface area contributed by atoms with E-state index in [2.05, 4.69) is 0 Å². The second kappa shape index (κ2) is 7.68. The van der Waals surface area contributed by atoms with Gasteiger partial charge in [-0.05, 0) is 18.9 Å². The highest BCUT2D eigenvalue weighted by Crippen LogP contribution is 2.17. The Hall–Kier alpha value is -1.84. The average molecular weight is 280 g/mol. The fourth-order valence-corrected chi connectivity index (χ4v) is 1.79. The molecule has 0 aliphatic carbocycles. The molecule has 0 radical (unpaired) electrons. The first kappa shape index (κ1) is 16.2. The molecule has 0 aliphatic rings. The van der Waals surface area contributed by atoms with Crippen molar-refractivity contribution in [2.45, 2.75) is 45.9 Å². The third kappa shape index (κ3) is 4.08. The zero-order valence-electron chi connectivity index (χ0n) is 11.8. The molecular weight excluding hydrogens is 260 g/mol. The summed E-state index contributed by atoms with van der Waals surface area (Å²) in [6, 6.07) is 3.15. The highest BCUT2D eigenvalue weighted by molar-refractivity contribution is 5.43. The fourth-order valence-electron chi connectivity index (χ4n) is 1.79. The summed E-state index contributed by atoms with van der Waals surface area (Å²) in [6.45, 7) is 4.15.